The van der Waals surface area contributed by atoms with Crippen LogP contribution in [0.15, 0.2) is 18.2 Å². The largest absolute Gasteiger partial charge is 0.497 e. The van der Waals surface area contributed by atoms with Crippen LogP contribution in [0.25, 0.3) is 5.69 Å². The number of nitrogens with zero attached hydrogens (tertiary/aromatic N) is 2. The third kappa shape index (κ3) is 2.08. The quantitative estimate of drug-likeness (QED) is 0.855. The van der Waals surface area contributed by atoms with Crippen molar-refractivity contribution in [3.63, 3.8) is 0 Å². The van der Waals surface area contributed by atoms with E-state index in [2.05, 4.69) is 10.2 Å². The van der Waals surface area contributed by atoms with Gasteiger partial charge in [0, 0.05) is 12.5 Å². The second-order valence-corrected chi connectivity index (χ2v) is 3.84. The number of H-pyrrole nitrogens is 1. The molecular formula is C11H12FN3OS. The second-order valence-electron chi connectivity index (χ2n) is 3.45. The van der Waals surface area contributed by atoms with Gasteiger partial charge in [0.05, 0.1) is 12.8 Å². The minimum Gasteiger partial charge on any atom is -0.497 e. The van der Waals surface area contributed by atoms with Crippen molar-refractivity contribution in [2.24, 2.45) is 0 Å². The van der Waals surface area contributed by atoms with Crippen molar-refractivity contribution in [3.05, 3.63) is 34.6 Å². The number of aromatic nitrogens is 3. The lowest BCUT2D eigenvalue weighted by atomic mass is 10.2. The number of hydrogen-bond donors (Lipinski definition) is 1. The number of aromatic amines is 1. The molecule has 2 rings (SSSR count). The molecule has 0 aliphatic carbocycles. The first-order chi connectivity index (χ1) is 8.17. The summed E-state index contributed by atoms with van der Waals surface area (Å²) in [5.41, 5.74) is 0.347. The van der Waals surface area contributed by atoms with Crippen LogP contribution in [-0.4, -0.2) is 21.9 Å². The van der Waals surface area contributed by atoms with Crippen LogP contribution in [0.1, 0.15) is 12.7 Å². The third-order valence-corrected chi connectivity index (χ3v) is 2.73. The van der Waals surface area contributed by atoms with Gasteiger partial charge in [0.1, 0.15) is 17.4 Å². The number of hydrogen-bond acceptors (Lipinski definition) is 3. The zero-order valence-corrected chi connectivity index (χ0v) is 10.3. The smallest absolute Gasteiger partial charge is 0.199 e. The molecule has 0 aliphatic rings. The molecule has 17 heavy (non-hydrogen) atoms. The van der Waals surface area contributed by atoms with Gasteiger partial charge in [-0.1, -0.05) is 6.92 Å². The maximum Gasteiger partial charge on any atom is 0.199 e. The first-order valence-corrected chi connectivity index (χ1v) is 5.58. The van der Waals surface area contributed by atoms with Gasteiger partial charge in [-0.05, 0) is 24.4 Å². The molecule has 0 aliphatic heterocycles. The van der Waals surface area contributed by atoms with Crippen LogP contribution >= 0.6 is 12.2 Å². The lowest BCUT2D eigenvalue weighted by Crippen LogP contribution is -2.03. The number of rotatable bonds is 3. The first-order valence-electron chi connectivity index (χ1n) is 5.17. The van der Waals surface area contributed by atoms with Gasteiger partial charge < -0.3 is 4.74 Å². The fourth-order valence-corrected chi connectivity index (χ4v) is 1.86. The van der Waals surface area contributed by atoms with Crippen LogP contribution in [0.2, 0.25) is 0 Å². The Labute approximate surface area is 103 Å². The Balaban J connectivity index is 2.66. The summed E-state index contributed by atoms with van der Waals surface area (Å²) in [6.07, 6.45) is 0.657. The van der Waals surface area contributed by atoms with E-state index in [1.165, 1.54) is 13.2 Å². The van der Waals surface area contributed by atoms with Crippen LogP contribution in [0, 0.1) is 10.6 Å². The highest BCUT2D eigenvalue weighted by molar-refractivity contribution is 7.71. The molecule has 4 nitrogen and oxygen atoms in total. The molecule has 0 saturated carbocycles. The van der Waals surface area contributed by atoms with Crippen molar-refractivity contribution in [2.75, 3.05) is 7.11 Å². The lowest BCUT2D eigenvalue weighted by Gasteiger charge is -2.08. The molecule has 0 radical (unpaired) electrons. The minimum absolute atomic E-state index is 0.347. The SMILES string of the molecule is CCc1n[nH]c(=S)n1-c1cc(OC)ccc1F. The summed E-state index contributed by atoms with van der Waals surface area (Å²) in [7, 11) is 1.53. The highest BCUT2D eigenvalue weighted by Gasteiger charge is 2.12. The Morgan fingerprint density at radius 3 is 2.94 bits per heavy atom. The zero-order chi connectivity index (χ0) is 12.4. The van der Waals surface area contributed by atoms with E-state index in [1.807, 2.05) is 6.92 Å². The molecule has 90 valence electrons. The van der Waals surface area contributed by atoms with Crippen molar-refractivity contribution >= 4 is 12.2 Å². The molecule has 0 atom stereocenters. The first kappa shape index (κ1) is 11.8. The molecule has 0 saturated heterocycles. The molecule has 6 heteroatoms. The van der Waals surface area contributed by atoms with Crippen molar-refractivity contribution in [1.29, 1.82) is 0 Å². The maximum atomic E-state index is 13.8. The Bertz CT molecular complexity index is 591. The van der Waals surface area contributed by atoms with E-state index in [9.17, 15) is 4.39 Å². The number of ether oxygens (including phenoxy) is 1. The average molecular weight is 253 g/mol. The molecule has 0 spiro atoms. The predicted molar refractivity (Wildman–Crippen MR) is 64.6 cm³/mol. The van der Waals surface area contributed by atoms with Crippen LogP contribution in [-0.2, 0) is 6.42 Å². The molecular weight excluding hydrogens is 241 g/mol. The standard InChI is InChI=1S/C11H12FN3OS/c1-3-10-13-14-11(17)15(10)9-6-7(16-2)4-5-8(9)12/h4-6H,3H2,1-2H3,(H,14,17). The predicted octanol–water partition coefficient (Wildman–Crippen LogP) is 2.64. The fraction of sp³-hybridized carbons (Fsp3) is 0.273. The summed E-state index contributed by atoms with van der Waals surface area (Å²) in [6.45, 7) is 1.93. The van der Waals surface area contributed by atoms with E-state index in [4.69, 9.17) is 17.0 Å². The molecule has 1 N–H and O–H groups in total. The monoisotopic (exact) mass is 253 g/mol. The summed E-state index contributed by atoms with van der Waals surface area (Å²) in [6, 6.07) is 4.51. The van der Waals surface area contributed by atoms with Gasteiger partial charge >= 0.3 is 0 Å². The Hall–Kier alpha value is -1.69. The molecule has 0 amide bonds. The van der Waals surface area contributed by atoms with Gasteiger partial charge in [0.25, 0.3) is 0 Å². The van der Waals surface area contributed by atoms with Crippen molar-refractivity contribution in [1.82, 2.24) is 14.8 Å². The highest BCUT2D eigenvalue weighted by Crippen LogP contribution is 2.21. The van der Waals surface area contributed by atoms with E-state index in [-0.39, 0.29) is 5.82 Å². The number of benzene rings is 1. The molecule has 1 aromatic carbocycles. The maximum absolute atomic E-state index is 13.8. The Morgan fingerprint density at radius 2 is 2.29 bits per heavy atom. The highest BCUT2D eigenvalue weighted by atomic mass is 32.1. The molecule has 0 unspecified atom stereocenters. The fourth-order valence-electron chi connectivity index (χ4n) is 1.61. The van der Waals surface area contributed by atoms with Crippen molar-refractivity contribution in [3.8, 4) is 11.4 Å². The number of aryl methyl sites for hydroxylation is 1. The van der Waals surface area contributed by atoms with Crippen LogP contribution in [0.5, 0.6) is 5.75 Å². The van der Waals surface area contributed by atoms with E-state index >= 15 is 0 Å². The van der Waals surface area contributed by atoms with E-state index in [0.717, 1.165) is 0 Å². The summed E-state index contributed by atoms with van der Waals surface area (Å²) < 4.78 is 20.8. The third-order valence-electron chi connectivity index (χ3n) is 2.45. The lowest BCUT2D eigenvalue weighted by molar-refractivity contribution is 0.413. The minimum atomic E-state index is -0.363. The summed E-state index contributed by atoms with van der Waals surface area (Å²) in [5, 5.41) is 6.71. The van der Waals surface area contributed by atoms with Gasteiger partial charge in [-0.15, -0.1) is 0 Å². The van der Waals surface area contributed by atoms with Gasteiger partial charge in [-0.2, -0.15) is 5.10 Å². The van der Waals surface area contributed by atoms with E-state index in [0.29, 0.717) is 28.5 Å². The normalized spacial score (nSPS) is 10.5. The summed E-state index contributed by atoms with van der Waals surface area (Å²) in [4.78, 5) is 0. The molecule has 2 aromatic rings. The molecule has 0 fully saturated rings. The second kappa shape index (κ2) is 4.67. The van der Waals surface area contributed by atoms with E-state index in [1.54, 1.807) is 16.7 Å². The average Bonchev–Trinajstić information content (AvgIpc) is 2.71. The number of nitrogens with one attached hydrogen (secondary N) is 1. The summed E-state index contributed by atoms with van der Waals surface area (Å²) in [5.74, 6) is 0.895. The topological polar surface area (TPSA) is 42.8 Å². The van der Waals surface area contributed by atoms with Gasteiger partial charge in [-0.3, -0.25) is 9.67 Å². The Morgan fingerprint density at radius 1 is 1.53 bits per heavy atom. The van der Waals surface area contributed by atoms with Gasteiger partial charge in [0.2, 0.25) is 0 Å². The number of methoxy groups -OCH3 is 1. The van der Waals surface area contributed by atoms with Crippen LogP contribution in [0.3, 0.4) is 0 Å². The van der Waals surface area contributed by atoms with Gasteiger partial charge in [-0.25, -0.2) is 4.39 Å². The summed E-state index contributed by atoms with van der Waals surface area (Å²) >= 11 is 5.10. The molecule has 1 heterocycles. The van der Waals surface area contributed by atoms with Crippen LogP contribution < -0.4 is 4.74 Å². The van der Waals surface area contributed by atoms with Crippen molar-refractivity contribution in [2.45, 2.75) is 13.3 Å². The van der Waals surface area contributed by atoms with Crippen molar-refractivity contribution < 1.29 is 9.13 Å². The van der Waals surface area contributed by atoms with Gasteiger partial charge in [0.15, 0.2) is 4.77 Å². The molecule has 0 bridgehead atoms. The number of halogens is 1. The Kier molecular flexibility index (Phi) is 3.23. The zero-order valence-electron chi connectivity index (χ0n) is 9.53. The molecule has 1 aromatic heterocycles. The van der Waals surface area contributed by atoms with Crippen LogP contribution in [0.4, 0.5) is 4.39 Å². The van der Waals surface area contributed by atoms with E-state index < -0.39 is 0 Å².